The molecule has 1 unspecified atom stereocenters. The molecule has 1 aliphatic heterocycles. The number of carbonyl (C=O) groups excluding carboxylic acids is 1. The van der Waals surface area contributed by atoms with E-state index in [1.54, 1.807) is 7.05 Å². The molecule has 0 saturated carbocycles. The number of ether oxygens (including phenoxy) is 1. The summed E-state index contributed by atoms with van der Waals surface area (Å²) in [5.74, 6) is -0.404. The van der Waals surface area contributed by atoms with E-state index in [1.807, 2.05) is 25.5 Å². The van der Waals surface area contributed by atoms with Crippen molar-refractivity contribution in [2.24, 2.45) is 12.0 Å². The number of thiazole rings is 1. The molecule has 0 spiro atoms. The van der Waals surface area contributed by atoms with Gasteiger partial charge in [-0.15, -0.1) is 0 Å². The van der Waals surface area contributed by atoms with Gasteiger partial charge in [0.15, 0.2) is 4.80 Å². The smallest absolute Gasteiger partial charge is 0.279 e. The van der Waals surface area contributed by atoms with Gasteiger partial charge in [-0.05, 0) is 62.1 Å². The van der Waals surface area contributed by atoms with Crippen LogP contribution in [0.3, 0.4) is 0 Å². The molecule has 32 heavy (non-hydrogen) atoms. The van der Waals surface area contributed by atoms with Crippen LogP contribution in [0.1, 0.15) is 34.3 Å². The van der Waals surface area contributed by atoms with E-state index in [-0.39, 0.29) is 11.0 Å². The molecule has 2 heterocycles. The van der Waals surface area contributed by atoms with Gasteiger partial charge in [-0.2, -0.15) is 9.30 Å². The predicted molar refractivity (Wildman–Crippen MR) is 125 cm³/mol. The summed E-state index contributed by atoms with van der Waals surface area (Å²) in [7, 11) is -0.200. The zero-order chi connectivity index (χ0) is 23.0. The van der Waals surface area contributed by atoms with Crippen LogP contribution < -0.4 is 4.80 Å². The average Bonchev–Trinajstić information content (AvgIpc) is 3.39. The summed E-state index contributed by atoms with van der Waals surface area (Å²) in [6, 6.07) is 10.1. The van der Waals surface area contributed by atoms with Crippen molar-refractivity contribution in [3.8, 4) is 0 Å². The van der Waals surface area contributed by atoms with Crippen LogP contribution in [-0.2, 0) is 21.8 Å². The second-order valence-corrected chi connectivity index (χ2v) is 11.2. The van der Waals surface area contributed by atoms with Crippen LogP contribution >= 0.6 is 11.3 Å². The zero-order valence-electron chi connectivity index (χ0n) is 18.7. The minimum atomic E-state index is -3.65. The molecule has 1 amide bonds. The summed E-state index contributed by atoms with van der Waals surface area (Å²) < 4.78 is 35.6. The van der Waals surface area contributed by atoms with Gasteiger partial charge in [0.1, 0.15) is 0 Å². The molecule has 9 heteroatoms. The van der Waals surface area contributed by atoms with E-state index >= 15 is 0 Å². The molecule has 0 bridgehead atoms. The number of aryl methyl sites for hydroxylation is 3. The molecular formula is C23H27N3O4S2. The van der Waals surface area contributed by atoms with Gasteiger partial charge in [0, 0.05) is 32.8 Å². The van der Waals surface area contributed by atoms with Gasteiger partial charge in [-0.25, -0.2) is 8.42 Å². The Bertz CT molecular complexity index is 1330. The van der Waals surface area contributed by atoms with E-state index in [0.29, 0.717) is 23.5 Å². The third kappa shape index (κ3) is 4.30. The Balaban J connectivity index is 1.59. The number of nitrogens with zero attached hydrogens (tertiary/aromatic N) is 3. The van der Waals surface area contributed by atoms with E-state index in [9.17, 15) is 13.2 Å². The van der Waals surface area contributed by atoms with Crippen molar-refractivity contribution in [3.05, 3.63) is 57.9 Å². The maximum atomic E-state index is 12.9. The highest BCUT2D eigenvalue weighted by atomic mass is 32.2. The molecule has 170 valence electrons. The molecule has 0 N–H and O–H groups in total. The quantitative estimate of drug-likeness (QED) is 0.569. The van der Waals surface area contributed by atoms with Crippen molar-refractivity contribution in [1.82, 2.24) is 8.87 Å². The fourth-order valence-corrected chi connectivity index (χ4v) is 6.31. The van der Waals surface area contributed by atoms with Gasteiger partial charge < -0.3 is 9.30 Å². The summed E-state index contributed by atoms with van der Waals surface area (Å²) in [6.07, 6.45) is 1.75. The summed E-state index contributed by atoms with van der Waals surface area (Å²) in [5.41, 5.74) is 3.68. The zero-order valence-corrected chi connectivity index (χ0v) is 20.3. The van der Waals surface area contributed by atoms with Crippen molar-refractivity contribution in [2.45, 2.75) is 37.7 Å². The number of rotatable bonds is 5. The molecular weight excluding hydrogens is 446 g/mol. The first-order valence-corrected chi connectivity index (χ1v) is 12.8. The summed E-state index contributed by atoms with van der Waals surface area (Å²) in [5, 5.41) is 0. The SMILES string of the molecule is Cc1ccc(C)c2c1sc(=NC(=O)c1ccc(S(=O)(=O)N(C)CC3CCCO3)cc1)n2C. The van der Waals surface area contributed by atoms with Crippen LogP contribution in [0.15, 0.2) is 46.3 Å². The minimum Gasteiger partial charge on any atom is -0.377 e. The highest BCUT2D eigenvalue weighted by molar-refractivity contribution is 7.89. The van der Waals surface area contributed by atoms with Gasteiger partial charge in [-0.1, -0.05) is 23.5 Å². The molecule has 7 nitrogen and oxygen atoms in total. The van der Waals surface area contributed by atoms with Crippen LogP contribution in [0.5, 0.6) is 0 Å². The molecule has 1 aromatic heterocycles. The number of hydrogen-bond acceptors (Lipinski definition) is 5. The Hall–Kier alpha value is -2.33. The largest absolute Gasteiger partial charge is 0.377 e. The van der Waals surface area contributed by atoms with Crippen LogP contribution in [0, 0.1) is 13.8 Å². The van der Waals surface area contributed by atoms with Crippen molar-refractivity contribution in [3.63, 3.8) is 0 Å². The monoisotopic (exact) mass is 473 g/mol. The van der Waals surface area contributed by atoms with Crippen LogP contribution in [-0.4, -0.2) is 49.5 Å². The Morgan fingerprint density at radius 1 is 1.19 bits per heavy atom. The van der Waals surface area contributed by atoms with Gasteiger partial charge >= 0.3 is 0 Å². The second-order valence-electron chi connectivity index (χ2n) is 8.18. The van der Waals surface area contributed by atoms with E-state index in [1.165, 1.54) is 39.9 Å². The Morgan fingerprint density at radius 2 is 1.88 bits per heavy atom. The maximum absolute atomic E-state index is 12.9. The number of sulfonamides is 1. The van der Waals surface area contributed by atoms with Crippen molar-refractivity contribution in [2.75, 3.05) is 20.2 Å². The lowest BCUT2D eigenvalue weighted by Gasteiger charge is -2.20. The first kappa shape index (κ1) is 22.8. The molecule has 0 aliphatic carbocycles. The van der Waals surface area contributed by atoms with E-state index in [4.69, 9.17) is 4.74 Å². The topological polar surface area (TPSA) is 81.0 Å². The molecule has 1 saturated heterocycles. The number of carbonyl (C=O) groups is 1. The fraction of sp³-hybridized carbons (Fsp3) is 0.391. The highest BCUT2D eigenvalue weighted by Gasteiger charge is 2.26. The lowest BCUT2D eigenvalue weighted by atomic mass is 10.1. The molecule has 3 aromatic rings. The maximum Gasteiger partial charge on any atom is 0.279 e. The number of benzene rings is 2. The lowest BCUT2D eigenvalue weighted by molar-refractivity contribution is 0.0979. The third-order valence-corrected chi connectivity index (χ3v) is 8.94. The van der Waals surface area contributed by atoms with Gasteiger partial charge in [0.2, 0.25) is 10.0 Å². The molecule has 1 fully saturated rings. The summed E-state index contributed by atoms with van der Waals surface area (Å²) >= 11 is 1.48. The fourth-order valence-electron chi connectivity index (χ4n) is 3.94. The normalized spacial score (nSPS) is 17.5. The van der Waals surface area contributed by atoms with Crippen molar-refractivity contribution < 1.29 is 17.9 Å². The average molecular weight is 474 g/mol. The predicted octanol–water partition coefficient (Wildman–Crippen LogP) is 3.40. The van der Waals surface area contributed by atoms with E-state index in [2.05, 4.69) is 17.1 Å². The molecule has 1 aliphatic rings. The molecule has 2 aromatic carbocycles. The third-order valence-electron chi connectivity index (χ3n) is 5.84. The standard InChI is InChI=1S/C23H27N3O4S2/c1-15-7-8-16(2)21-20(15)26(4)23(31-21)24-22(27)17-9-11-19(12-10-17)32(28,29)25(3)14-18-6-5-13-30-18/h7-12,18H,5-6,13-14H2,1-4H3. The number of aromatic nitrogens is 1. The van der Waals surface area contributed by atoms with Gasteiger partial charge in [-0.3, -0.25) is 4.79 Å². The van der Waals surface area contributed by atoms with E-state index < -0.39 is 15.9 Å². The second kappa shape index (κ2) is 8.90. The number of amides is 1. The lowest BCUT2D eigenvalue weighted by Crippen LogP contribution is -2.34. The number of fused-ring (bicyclic) bond motifs is 1. The Kier molecular flexibility index (Phi) is 6.35. The van der Waals surface area contributed by atoms with Gasteiger partial charge in [0.25, 0.3) is 5.91 Å². The van der Waals surface area contributed by atoms with E-state index in [0.717, 1.165) is 34.2 Å². The number of likely N-dealkylation sites (N-methyl/N-ethyl adjacent to an activating group) is 1. The Morgan fingerprint density at radius 3 is 2.50 bits per heavy atom. The first-order chi connectivity index (χ1) is 15.2. The minimum absolute atomic E-state index is 0.0660. The summed E-state index contributed by atoms with van der Waals surface area (Å²) in [6.45, 7) is 5.07. The van der Waals surface area contributed by atoms with Crippen molar-refractivity contribution in [1.29, 1.82) is 0 Å². The highest BCUT2D eigenvalue weighted by Crippen LogP contribution is 2.24. The summed E-state index contributed by atoms with van der Waals surface area (Å²) in [4.78, 5) is 17.9. The van der Waals surface area contributed by atoms with Gasteiger partial charge in [0.05, 0.1) is 21.2 Å². The number of hydrogen-bond donors (Lipinski definition) is 0. The Labute approximate surface area is 192 Å². The molecule has 1 atom stereocenters. The van der Waals surface area contributed by atoms with Crippen LogP contribution in [0.4, 0.5) is 0 Å². The van der Waals surface area contributed by atoms with Crippen LogP contribution in [0.2, 0.25) is 0 Å². The van der Waals surface area contributed by atoms with Crippen molar-refractivity contribution >= 4 is 37.5 Å². The molecule has 0 radical (unpaired) electrons. The first-order valence-electron chi connectivity index (χ1n) is 10.5. The molecule has 4 rings (SSSR count). The van der Waals surface area contributed by atoms with Crippen LogP contribution in [0.25, 0.3) is 10.2 Å².